The first-order valence-electron chi connectivity index (χ1n) is 8.91. The third kappa shape index (κ3) is 5.00. The molecule has 3 aromatic carbocycles. The summed E-state index contributed by atoms with van der Waals surface area (Å²) >= 11 is 16.3. The Kier molecular flexibility index (Phi) is 6.34. The van der Waals surface area contributed by atoms with Crippen LogP contribution in [0.3, 0.4) is 0 Å². The molecule has 4 N–H and O–H groups in total. The molecule has 6 rings (SSSR count). The topological polar surface area (TPSA) is 76.3 Å². The fourth-order valence-corrected chi connectivity index (χ4v) is 4.30. The average molecular weight is 469 g/mol. The van der Waals surface area contributed by atoms with Crippen LogP contribution in [-0.4, -0.2) is 19.9 Å². The number of rotatable bonds is 0. The van der Waals surface area contributed by atoms with Crippen molar-refractivity contribution >= 4 is 80.3 Å². The minimum absolute atomic E-state index is 0.432. The first kappa shape index (κ1) is 20.4. The van der Waals surface area contributed by atoms with Gasteiger partial charge in [0.05, 0.1) is 26.8 Å². The molecule has 3 heterocycles. The molecule has 0 unspecified atom stereocenters. The van der Waals surface area contributed by atoms with Crippen LogP contribution in [0.5, 0.6) is 0 Å². The second-order valence-electron chi connectivity index (χ2n) is 6.15. The van der Waals surface area contributed by atoms with Crippen LogP contribution in [0.25, 0.3) is 32.3 Å². The third-order valence-corrected chi connectivity index (χ3v) is 5.68. The van der Waals surface area contributed by atoms with Crippen molar-refractivity contribution in [3.05, 3.63) is 86.4 Å². The number of benzene rings is 3. The average Bonchev–Trinajstić information content (AvgIpc) is 3.41. The van der Waals surface area contributed by atoms with Gasteiger partial charge in [-0.1, -0.05) is 36.4 Å². The predicted molar refractivity (Wildman–Crippen MR) is 132 cm³/mol. The highest BCUT2D eigenvalue weighted by Gasteiger charge is 1.93. The molecule has 0 aliphatic heterocycles. The minimum atomic E-state index is 0.432. The van der Waals surface area contributed by atoms with E-state index in [0.29, 0.717) is 9.61 Å². The Hall–Kier alpha value is -2.85. The molecular weight excluding hydrogens is 453 g/mol. The van der Waals surface area contributed by atoms with E-state index in [1.165, 1.54) is 4.70 Å². The van der Waals surface area contributed by atoms with Gasteiger partial charge in [0.2, 0.25) is 0 Å². The second kappa shape index (κ2) is 9.31. The number of aromatic amines is 4. The van der Waals surface area contributed by atoms with Gasteiger partial charge in [0, 0.05) is 0 Å². The molecule has 6 aromatic rings. The summed E-state index contributed by atoms with van der Waals surface area (Å²) in [5, 5.41) is 0. The summed E-state index contributed by atoms with van der Waals surface area (Å²) in [5.41, 5.74) is 5.03. The molecule has 0 aliphatic carbocycles. The van der Waals surface area contributed by atoms with Crippen molar-refractivity contribution in [1.29, 1.82) is 0 Å². The molecule has 5 nitrogen and oxygen atoms in total. The normalized spacial score (nSPS) is 10.4. The summed E-state index contributed by atoms with van der Waals surface area (Å²) in [5.74, 6) is 0. The Morgan fingerprint density at radius 2 is 1.17 bits per heavy atom. The van der Waals surface area contributed by atoms with E-state index in [1.54, 1.807) is 11.3 Å². The summed E-state index contributed by atoms with van der Waals surface area (Å²) in [6.07, 6.45) is 0. The molecule has 0 aliphatic rings. The molecule has 0 fully saturated rings. The fraction of sp³-hybridized carbons (Fsp3) is 0. The van der Waals surface area contributed by atoms with Gasteiger partial charge in [-0.05, 0) is 73.1 Å². The molecule has 0 atom stereocenters. The molecule has 0 radical (unpaired) electrons. The maximum absolute atomic E-state index is 5.13. The number of hydrogen-bond acceptors (Lipinski definition) is 5. The number of aromatic nitrogens is 4. The number of oxazole rings is 1. The summed E-state index contributed by atoms with van der Waals surface area (Å²) in [6, 6.07) is 23.7. The molecule has 0 spiro atoms. The van der Waals surface area contributed by atoms with E-state index in [2.05, 4.69) is 26.0 Å². The highest BCUT2D eigenvalue weighted by atomic mass is 32.1. The van der Waals surface area contributed by atoms with E-state index in [9.17, 15) is 0 Å². The van der Waals surface area contributed by atoms with Gasteiger partial charge in [0.25, 0.3) is 4.84 Å². The van der Waals surface area contributed by atoms with Crippen molar-refractivity contribution < 1.29 is 4.42 Å². The zero-order chi connectivity index (χ0) is 20.9. The van der Waals surface area contributed by atoms with Crippen LogP contribution in [0.4, 0.5) is 0 Å². The number of para-hydroxylation sites is 5. The van der Waals surface area contributed by atoms with Gasteiger partial charge in [-0.2, -0.15) is 0 Å². The largest absolute Gasteiger partial charge is 0.429 e. The minimum Gasteiger partial charge on any atom is -0.429 e. The number of hydrogen-bond donors (Lipinski definition) is 4. The lowest BCUT2D eigenvalue weighted by atomic mass is 10.3. The summed E-state index contributed by atoms with van der Waals surface area (Å²) < 4.78 is 7.89. The highest BCUT2D eigenvalue weighted by Crippen LogP contribution is 2.17. The monoisotopic (exact) mass is 468 g/mol. The van der Waals surface area contributed by atoms with Gasteiger partial charge in [-0.15, -0.1) is 11.3 Å². The van der Waals surface area contributed by atoms with Crippen molar-refractivity contribution in [2.75, 3.05) is 0 Å². The van der Waals surface area contributed by atoms with Crippen molar-refractivity contribution in [3.63, 3.8) is 0 Å². The second-order valence-corrected chi connectivity index (χ2v) is 8.64. The van der Waals surface area contributed by atoms with E-state index in [-0.39, 0.29) is 0 Å². The van der Waals surface area contributed by atoms with E-state index in [4.69, 9.17) is 41.1 Å². The first-order chi connectivity index (χ1) is 14.6. The Labute approximate surface area is 190 Å². The van der Waals surface area contributed by atoms with Crippen LogP contribution >= 0.6 is 48.0 Å². The first-order valence-corrected chi connectivity index (χ1v) is 11.0. The quantitative estimate of drug-likeness (QED) is 0.172. The zero-order valence-electron chi connectivity index (χ0n) is 15.5. The molecule has 0 bridgehead atoms. The van der Waals surface area contributed by atoms with Gasteiger partial charge < -0.3 is 24.4 Å². The highest BCUT2D eigenvalue weighted by molar-refractivity contribution is 7.73. The SMILES string of the molecule is S=c1[nH]c2ccccc2[nH]1.S=c1[nH]c2ccccc2o1.S=c1[nH]c2ccccc2s1. The third-order valence-electron chi connectivity index (χ3n) is 4.08. The van der Waals surface area contributed by atoms with Crippen molar-refractivity contribution in [2.24, 2.45) is 0 Å². The van der Waals surface area contributed by atoms with Gasteiger partial charge in [0.1, 0.15) is 0 Å². The maximum Gasteiger partial charge on any atom is 0.266 e. The van der Waals surface area contributed by atoms with Crippen LogP contribution in [-0.2, 0) is 0 Å². The van der Waals surface area contributed by atoms with E-state index in [0.717, 1.165) is 31.6 Å². The maximum atomic E-state index is 5.13. The molecule has 30 heavy (non-hydrogen) atoms. The molecule has 0 saturated heterocycles. The van der Waals surface area contributed by atoms with Crippen LogP contribution in [0.15, 0.2) is 77.2 Å². The molecule has 0 saturated carbocycles. The molecule has 0 amide bonds. The number of fused-ring (bicyclic) bond motifs is 3. The van der Waals surface area contributed by atoms with Gasteiger partial charge >= 0.3 is 0 Å². The van der Waals surface area contributed by atoms with Gasteiger partial charge in [-0.3, -0.25) is 0 Å². The van der Waals surface area contributed by atoms with Crippen LogP contribution in [0.2, 0.25) is 0 Å². The lowest BCUT2D eigenvalue weighted by Gasteiger charge is -1.82. The van der Waals surface area contributed by atoms with Crippen LogP contribution < -0.4 is 0 Å². The van der Waals surface area contributed by atoms with Crippen molar-refractivity contribution in [2.45, 2.75) is 0 Å². The molecule has 150 valence electrons. The van der Waals surface area contributed by atoms with Crippen molar-refractivity contribution in [3.8, 4) is 0 Å². The Morgan fingerprint density at radius 3 is 1.80 bits per heavy atom. The molecule has 3 aromatic heterocycles. The van der Waals surface area contributed by atoms with Gasteiger partial charge in [0.15, 0.2) is 14.3 Å². The number of nitrogens with one attached hydrogen (secondary N) is 4. The Balaban J connectivity index is 0.000000109. The summed E-state index contributed by atoms with van der Waals surface area (Å²) in [4.78, 5) is 12.5. The summed E-state index contributed by atoms with van der Waals surface area (Å²) in [7, 11) is 0. The Morgan fingerprint density at radius 1 is 0.600 bits per heavy atom. The van der Waals surface area contributed by atoms with E-state index >= 15 is 0 Å². The van der Waals surface area contributed by atoms with Gasteiger partial charge in [-0.25, -0.2) is 0 Å². The lowest BCUT2D eigenvalue weighted by Crippen LogP contribution is -1.63. The fourth-order valence-electron chi connectivity index (χ4n) is 2.77. The standard InChI is InChI=1S/C7H6N2S.C7H5NOS.C7H5NS2/c2*10-7-8-5-3-1-2-4-6(5)9-7;9-7-8-5-3-1-2-4-6(5)10-7/h1-4H,(H2,8,9,10);1-4H,(H,8,10);1-4H,(H,8,9). The molecule has 9 heteroatoms. The number of H-pyrrole nitrogens is 4. The smallest absolute Gasteiger partial charge is 0.266 e. The molecular formula is C21H16N4OS4. The predicted octanol–water partition coefficient (Wildman–Crippen LogP) is 7.67. The van der Waals surface area contributed by atoms with Crippen LogP contribution in [0.1, 0.15) is 0 Å². The number of thiazole rings is 1. The number of imidazole rings is 1. The van der Waals surface area contributed by atoms with Crippen molar-refractivity contribution in [1.82, 2.24) is 19.9 Å². The van der Waals surface area contributed by atoms with Crippen LogP contribution in [0, 0.1) is 13.6 Å². The van der Waals surface area contributed by atoms with E-state index < -0.39 is 0 Å². The van der Waals surface area contributed by atoms with E-state index in [1.807, 2.05) is 66.7 Å². The lowest BCUT2D eigenvalue weighted by molar-refractivity contribution is 0.583. The summed E-state index contributed by atoms with van der Waals surface area (Å²) in [6.45, 7) is 0. The zero-order valence-corrected chi connectivity index (χ0v) is 18.7. The Bertz CT molecular complexity index is 1280.